The molecule has 2 aliphatic heterocycles. The Bertz CT molecular complexity index is 516. The molecule has 2 fully saturated rings. The van der Waals surface area contributed by atoms with E-state index in [0.717, 1.165) is 37.3 Å². The summed E-state index contributed by atoms with van der Waals surface area (Å²) >= 11 is 0. The van der Waals surface area contributed by atoms with E-state index in [9.17, 15) is 9.59 Å². The molecule has 2 bridgehead atoms. The first-order chi connectivity index (χ1) is 10.9. The Balaban J connectivity index is 2.12. The minimum absolute atomic E-state index is 0.0261. The third-order valence-corrected chi connectivity index (χ3v) is 7.21. The number of fused-ring (bicyclic) bond motifs is 2. The SMILES string of the molecule is C=C(C(=O)C1CC2CCCC(C1)N2C(=O)OC(C)(C)C)[Si](C)(C)C. The Kier molecular flexibility index (Phi) is 5.33. The zero-order valence-corrected chi connectivity index (χ0v) is 17.1. The van der Waals surface area contributed by atoms with Crippen LogP contribution in [0.15, 0.2) is 11.8 Å². The highest BCUT2D eigenvalue weighted by atomic mass is 28.3. The van der Waals surface area contributed by atoms with Gasteiger partial charge in [0.05, 0.1) is 8.07 Å². The molecular weight excluding hydrogens is 318 g/mol. The number of nitrogens with zero attached hydrogens (tertiary/aromatic N) is 1. The standard InChI is InChI=1S/C19H33NO3Si/c1-13(24(5,6)7)17(21)14-11-15-9-8-10-16(12-14)20(15)18(22)23-19(2,3)4/h14-16H,1,8-12H2,2-7H3. The third kappa shape index (κ3) is 4.29. The van der Waals surface area contributed by atoms with Gasteiger partial charge in [-0.3, -0.25) is 4.79 Å². The molecule has 2 aliphatic rings. The first kappa shape index (κ1) is 19.2. The molecule has 1 amide bonds. The minimum Gasteiger partial charge on any atom is -0.444 e. The molecule has 2 saturated heterocycles. The van der Waals surface area contributed by atoms with Gasteiger partial charge in [-0.2, -0.15) is 0 Å². The van der Waals surface area contributed by atoms with E-state index in [1.54, 1.807) is 0 Å². The number of rotatable bonds is 3. The highest BCUT2D eigenvalue weighted by Crippen LogP contribution is 2.39. The van der Waals surface area contributed by atoms with E-state index >= 15 is 0 Å². The van der Waals surface area contributed by atoms with Crippen LogP contribution in [0.1, 0.15) is 52.9 Å². The lowest BCUT2D eigenvalue weighted by Gasteiger charge is -2.48. The van der Waals surface area contributed by atoms with Gasteiger partial charge in [-0.1, -0.05) is 26.2 Å². The largest absolute Gasteiger partial charge is 0.444 e. The topological polar surface area (TPSA) is 46.6 Å². The second kappa shape index (κ2) is 6.66. The minimum atomic E-state index is -1.66. The van der Waals surface area contributed by atoms with Crippen LogP contribution in [0.5, 0.6) is 0 Å². The van der Waals surface area contributed by atoms with Gasteiger partial charge >= 0.3 is 6.09 Å². The molecular formula is C19H33NO3Si. The molecule has 0 N–H and O–H groups in total. The van der Waals surface area contributed by atoms with Crippen LogP contribution in [0.2, 0.25) is 19.6 Å². The predicted molar refractivity (Wildman–Crippen MR) is 99.7 cm³/mol. The Labute approximate surface area is 147 Å². The number of piperidine rings is 2. The van der Waals surface area contributed by atoms with Gasteiger partial charge in [-0.25, -0.2) is 4.79 Å². The van der Waals surface area contributed by atoms with Gasteiger partial charge in [0.25, 0.3) is 0 Å². The van der Waals surface area contributed by atoms with Crippen molar-refractivity contribution in [3.63, 3.8) is 0 Å². The zero-order chi connectivity index (χ0) is 18.3. The monoisotopic (exact) mass is 351 g/mol. The molecule has 136 valence electrons. The maximum absolute atomic E-state index is 12.9. The summed E-state index contributed by atoms with van der Waals surface area (Å²) in [6.07, 6.45) is 4.38. The summed E-state index contributed by atoms with van der Waals surface area (Å²) in [4.78, 5) is 27.4. The molecule has 2 atom stereocenters. The molecule has 4 nitrogen and oxygen atoms in total. The summed E-state index contributed by atoms with van der Waals surface area (Å²) in [6.45, 7) is 16.3. The molecule has 24 heavy (non-hydrogen) atoms. The lowest BCUT2D eigenvalue weighted by atomic mass is 9.77. The van der Waals surface area contributed by atoms with E-state index in [1.165, 1.54) is 0 Å². The molecule has 0 spiro atoms. The van der Waals surface area contributed by atoms with E-state index in [2.05, 4.69) is 26.2 Å². The normalized spacial score (nSPS) is 27.6. The number of ether oxygens (including phenoxy) is 1. The quantitative estimate of drug-likeness (QED) is 0.553. The average molecular weight is 352 g/mol. The van der Waals surface area contributed by atoms with Gasteiger partial charge in [0.1, 0.15) is 5.60 Å². The molecule has 0 aliphatic carbocycles. The van der Waals surface area contributed by atoms with Crippen LogP contribution < -0.4 is 0 Å². The second-order valence-electron chi connectivity index (χ2n) is 9.39. The van der Waals surface area contributed by atoms with E-state index in [0.29, 0.717) is 0 Å². The molecule has 2 heterocycles. The van der Waals surface area contributed by atoms with E-state index in [4.69, 9.17) is 4.74 Å². The zero-order valence-electron chi connectivity index (χ0n) is 16.1. The van der Waals surface area contributed by atoms with Crippen molar-refractivity contribution in [2.45, 2.75) is 90.2 Å². The molecule has 0 aromatic carbocycles. The fourth-order valence-electron chi connectivity index (χ4n) is 3.82. The van der Waals surface area contributed by atoms with Crippen LogP contribution in [0, 0.1) is 5.92 Å². The van der Waals surface area contributed by atoms with Crippen LogP contribution in [0.25, 0.3) is 0 Å². The maximum atomic E-state index is 12.9. The Morgan fingerprint density at radius 1 is 1.08 bits per heavy atom. The van der Waals surface area contributed by atoms with Crippen molar-refractivity contribution in [3.05, 3.63) is 11.8 Å². The van der Waals surface area contributed by atoms with E-state index < -0.39 is 13.7 Å². The summed E-state index contributed by atoms with van der Waals surface area (Å²) in [5.41, 5.74) is -0.482. The second-order valence-corrected chi connectivity index (χ2v) is 14.5. The van der Waals surface area contributed by atoms with Crippen molar-refractivity contribution >= 4 is 20.0 Å². The molecule has 2 rings (SSSR count). The van der Waals surface area contributed by atoms with Gasteiger partial charge in [0, 0.05) is 18.0 Å². The Morgan fingerprint density at radius 2 is 1.58 bits per heavy atom. The fourth-order valence-corrected chi connectivity index (χ4v) is 4.77. The van der Waals surface area contributed by atoms with E-state index in [-0.39, 0.29) is 29.9 Å². The highest BCUT2D eigenvalue weighted by Gasteiger charge is 2.45. The fraction of sp³-hybridized carbons (Fsp3) is 0.789. The van der Waals surface area contributed by atoms with Crippen LogP contribution >= 0.6 is 0 Å². The lowest BCUT2D eigenvalue weighted by molar-refractivity contribution is -0.122. The number of hydrogen-bond acceptors (Lipinski definition) is 3. The van der Waals surface area contributed by atoms with Gasteiger partial charge in [-0.15, -0.1) is 0 Å². The molecule has 0 aromatic rings. The van der Waals surface area contributed by atoms with Gasteiger partial charge in [0.2, 0.25) is 0 Å². The summed E-state index contributed by atoms with van der Waals surface area (Å²) in [6, 6.07) is 0.270. The number of carbonyl (C=O) groups is 2. The molecule has 0 saturated carbocycles. The lowest BCUT2D eigenvalue weighted by Crippen LogP contribution is -2.57. The summed E-state index contributed by atoms with van der Waals surface area (Å²) in [7, 11) is -1.66. The predicted octanol–water partition coefficient (Wildman–Crippen LogP) is 4.56. The smallest absolute Gasteiger partial charge is 0.410 e. The van der Waals surface area contributed by atoms with Crippen molar-refractivity contribution in [1.29, 1.82) is 0 Å². The highest BCUT2D eigenvalue weighted by molar-refractivity contribution is 6.87. The maximum Gasteiger partial charge on any atom is 0.410 e. The Hall–Kier alpha value is -1.10. The molecule has 0 radical (unpaired) electrons. The Morgan fingerprint density at radius 3 is 2.00 bits per heavy atom. The molecule has 0 aromatic heterocycles. The molecule has 2 unspecified atom stereocenters. The van der Waals surface area contributed by atoms with Crippen molar-refractivity contribution in [3.8, 4) is 0 Å². The average Bonchev–Trinajstić information content (AvgIpc) is 2.41. The first-order valence-electron chi connectivity index (χ1n) is 9.15. The van der Waals surface area contributed by atoms with Crippen molar-refractivity contribution in [2.75, 3.05) is 0 Å². The van der Waals surface area contributed by atoms with Crippen LogP contribution in [0.3, 0.4) is 0 Å². The van der Waals surface area contributed by atoms with Crippen molar-refractivity contribution < 1.29 is 14.3 Å². The third-order valence-electron chi connectivity index (χ3n) is 5.15. The van der Waals surface area contributed by atoms with Crippen molar-refractivity contribution in [2.24, 2.45) is 5.92 Å². The first-order valence-corrected chi connectivity index (χ1v) is 12.6. The van der Waals surface area contributed by atoms with Crippen molar-refractivity contribution in [1.82, 2.24) is 4.90 Å². The van der Waals surface area contributed by atoms with Gasteiger partial charge in [0.15, 0.2) is 5.78 Å². The number of ketones is 1. The van der Waals surface area contributed by atoms with Crippen LogP contribution in [0.4, 0.5) is 4.79 Å². The number of amides is 1. The number of hydrogen-bond donors (Lipinski definition) is 0. The summed E-state index contributed by atoms with van der Waals surface area (Å²) in [5.74, 6) is 0.271. The number of Topliss-reactive ketones (excluding diaryl/α,β-unsaturated/α-hetero) is 1. The van der Waals surface area contributed by atoms with E-state index in [1.807, 2.05) is 25.7 Å². The molecule has 5 heteroatoms. The summed E-state index contributed by atoms with van der Waals surface area (Å²) in [5, 5.41) is 0.844. The number of allylic oxidation sites excluding steroid dienone is 1. The van der Waals surface area contributed by atoms with Gasteiger partial charge < -0.3 is 9.64 Å². The van der Waals surface area contributed by atoms with Crippen LogP contribution in [-0.2, 0) is 9.53 Å². The van der Waals surface area contributed by atoms with Crippen LogP contribution in [-0.4, -0.2) is 42.5 Å². The summed E-state index contributed by atoms with van der Waals surface area (Å²) < 4.78 is 5.60. The number of carbonyl (C=O) groups excluding carboxylic acids is 2. The van der Waals surface area contributed by atoms with Gasteiger partial charge in [-0.05, 0) is 58.1 Å².